The molecule has 1 unspecified atom stereocenters. The predicted octanol–water partition coefficient (Wildman–Crippen LogP) is 0.730. The van der Waals surface area contributed by atoms with E-state index in [2.05, 4.69) is 20.3 Å². The maximum atomic E-state index is 5.73. The lowest BCUT2D eigenvalue weighted by atomic mass is 10.3. The van der Waals surface area contributed by atoms with Crippen molar-refractivity contribution < 1.29 is 0 Å². The van der Waals surface area contributed by atoms with Gasteiger partial charge in [0.1, 0.15) is 6.33 Å². The van der Waals surface area contributed by atoms with Crippen molar-refractivity contribution in [3.8, 4) is 5.82 Å². The van der Waals surface area contributed by atoms with Crippen LogP contribution < -0.4 is 5.73 Å². The fourth-order valence-corrected chi connectivity index (χ4v) is 1.26. The van der Waals surface area contributed by atoms with Crippen LogP contribution in [-0.2, 0) is 0 Å². The minimum Gasteiger partial charge on any atom is -0.322 e. The monoisotopic (exact) mass is 224 g/mol. The van der Waals surface area contributed by atoms with Crippen LogP contribution in [0.4, 0.5) is 0 Å². The molecule has 2 rings (SSSR count). The van der Waals surface area contributed by atoms with Gasteiger partial charge in [-0.25, -0.2) is 4.98 Å². The summed E-state index contributed by atoms with van der Waals surface area (Å²) in [7, 11) is 0. The summed E-state index contributed by atoms with van der Waals surface area (Å²) >= 11 is 5.63. The molecule has 78 valence electrons. The molecule has 0 amide bonds. The molecule has 0 bridgehead atoms. The van der Waals surface area contributed by atoms with Crippen LogP contribution in [0.2, 0.25) is 5.15 Å². The first kappa shape index (κ1) is 10.0. The van der Waals surface area contributed by atoms with Crippen molar-refractivity contribution in [1.29, 1.82) is 0 Å². The van der Waals surface area contributed by atoms with E-state index in [0.717, 1.165) is 0 Å². The van der Waals surface area contributed by atoms with E-state index in [-0.39, 0.29) is 6.04 Å². The Morgan fingerprint density at radius 2 is 2.20 bits per heavy atom. The molecule has 0 saturated heterocycles. The Labute approximate surface area is 91.1 Å². The van der Waals surface area contributed by atoms with E-state index in [1.807, 2.05) is 6.92 Å². The van der Waals surface area contributed by atoms with Crippen LogP contribution in [0, 0.1) is 0 Å². The summed E-state index contributed by atoms with van der Waals surface area (Å²) in [5.41, 5.74) is 5.73. The number of nitrogens with two attached hydrogens (primary N) is 1. The highest BCUT2D eigenvalue weighted by Crippen LogP contribution is 2.11. The lowest BCUT2D eigenvalue weighted by Gasteiger charge is -2.06. The Hall–Kier alpha value is -1.53. The van der Waals surface area contributed by atoms with E-state index in [1.165, 1.54) is 11.0 Å². The molecule has 0 aliphatic carbocycles. The Kier molecular flexibility index (Phi) is 2.61. The standard InChI is InChI=1S/C8H9ClN6/c1-5(10)8-11-4-12-15(8)7-3-2-6(9)13-14-7/h2-5H,10H2,1H3. The molecule has 7 heteroatoms. The largest absolute Gasteiger partial charge is 0.322 e. The van der Waals surface area contributed by atoms with Crippen molar-refractivity contribution in [3.63, 3.8) is 0 Å². The van der Waals surface area contributed by atoms with E-state index in [4.69, 9.17) is 17.3 Å². The highest BCUT2D eigenvalue weighted by Gasteiger charge is 2.11. The molecule has 0 fully saturated rings. The van der Waals surface area contributed by atoms with E-state index in [1.54, 1.807) is 12.1 Å². The topological polar surface area (TPSA) is 82.5 Å². The average Bonchev–Trinajstić information content (AvgIpc) is 2.67. The molecule has 2 aromatic rings. The quantitative estimate of drug-likeness (QED) is 0.813. The Bertz CT molecular complexity index is 448. The van der Waals surface area contributed by atoms with Crippen LogP contribution in [-0.4, -0.2) is 25.0 Å². The van der Waals surface area contributed by atoms with Crippen LogP contribution in [0.1, 0.15) is 18.8 Å². The second-order valence-electron chi connectivity index (χ2n) is 3.03. The van der Waals surface area contributed by atoms with Crippen LogP contribution in [0.5, 0.6) is 0 Å². The highest BCUT2D eigenvalue weighted by molar-refractivity contribution is 6.29. The second kappa shape index (κ2) is 3.92. The van der Waals surface area contributed by atoms with Gasteiger partial charge in [0.25, 0.3) is 0 Å². The molecule has 0 aromatic carbocycles. The highest BCUT2D eigenvalue weighted by atomic mass is 35.5. The SMILES string of the molecule is CC(N)c1ncnn1-c1ccc(Cl)nn1. The van der Waals surface area contributed by atoms with E-state index < -0.39 is 0 Å². The van der Waals surface area contributed by atoms with E-state index in [0.29, 0.717) is 16.8 Å². The van der Waals surface area contributed by atoms with Gasteiger partial charge in [0.15, 0.2) is 16.8 Å². The van der Waals surface area contributed by atoms with Crippen molar-refractivity contribution >= 4 is 11.6 Å². The van der Waals surface area contributed by atoms with Gasteiger partial charge in [-0.3, -0.25) is 0 Å². The van der Waals surface area contributed by atoms with Gasteiger partial charge in [-0.15, -0.1) is 10.2 Å². The molecule has 0 aliphatic heterocycles. The lowest BCUT2D eigenvalue weighted by Crippen LogP contribution is -2.14. The smallest absolute Gasteiger partial charge is 0.177 e. The summed E-state index contributed by atoms with van der Waals surface area (Å²) in [5.74, 6) is 1.18. The normalized spacial score (nSPS) is 12.7. The molecule has 0 radical (unpaired) electrons. The molecular weight excluding hydrogens is 216 g/mol. The zero-order valence-corrected chi connectivity index (χ0v) is 8.76. The summed E-state index contributed by atoms with van der Waals surface area (Å²) in [4.78, 5) is 4.04. The van der Waals surface area contributed by atoms with Gasteiger partial charge in [0.2, 0.25) is 0 Å². The fraction of sp³-hybridized carbons (Fsp3) is 0.250. The third-order valence-electron chi connectivity index (χ3n) is 1.82. The molecule has 15 heavy (non-hydrogen) atoms. The molecular formula is C8H9ClN6. The molecule has 0 spiro atoms. The molecule has 2 N–H and O–H groups in total. The van der Waals surface area contributed by atoms with E-state index >= 15 is 0 Å². The maximum absolute atomic E-state index is 5.73. The Balaban J connectivity index is 2.45. The minimum absolute atomic E-state index is 0.218. The molecule has 2 heterocycles. The van der Waals surface area contributed by atoms with Crippen molar-refractivity contribution in [2.75, 3.05) is 0 Å². The molecule has 6 nitrogen and oxygen atoms in total. The minimum atomic E-state index is -0.218. The molecule has 1 atom stereocenters. The van der Waals surface area contributed by atoms with Gasteiger partial charge in [-0.05, 0) is 19.1 Å². The molecule has 0 saturated carbocycles. The number of hydrogen-bond acceptors (Lipinski definition) is 5. The van der Waals surface area contributed by atoms with Crippen LogP contribution >= 0.6 is 11.6 Å². The van der Waals surface area contributed by atoms with Crippen molar-refractivity contribution in [2.24, 2.45) is 5.73 Å². The van der Waals surface area contributed by atoms with Gasteiger partial charge in [-0.2, -0.15) is 9.78 Å². The summed E-state index contributed by atoms with van der Waals surface area (Å²) < 4.78 is 1.54. The van der Waals surface area contributed by atoms with Crippen LogP contribution in [0.25, 0.3) is 5.82 Å². The first-order valence-electron chi connectivity index (χ1n) is 4.33. The Morgan fingerprint density at radius 1 is 1.40 bits per heavy atom. The summed E-state index contributed by atoms with van der Waals surface area (Å²) in [6.45, 7) is 1.82. The van der Waals surface area contributed by atoms with Crippen molar-refractivity contribution in [2.45, 2.75) is 13.0 Å². The number of rotatable bonds is 2. The summed E-state index contributed by atoms with van der Waals surface area (Å²) in [6.07, 6.45) is 1.43. The van der Waals surface area contributed by atoms with Gasteiger partial charge in [0, 0.05) is 0 Å². The average molecular weight is 225 g/mol. The Morgan fingerprint density at radius 3 is 2.80 bits per heavy atom. The van der Waals surface area contributed by atoms with Crippen LogP contribution in [0.3, 0.4) is 0 Å². The van der Waals surface area contributed by atoms with Crippen molar-refractivity contribution in [3.05, 3.63) is 29.4 Å². The first-order valence-corrected chi connectivity index (χ1v) is 4.71. The van der Waals surface area contributed by atoms with Gasteiger partial charge >= 0.3 is 0 Å². The number of aromatic nitrogens is 5. The van der Waals surface area contributed by atoms with Gasteiger partial charge < -0.3 is 5.73 Å². The second-order valence-corrected chi connectivity index (χ2v) is 3.42. The van der Waals surface area contributed by atoms with Gasteiger partial charge in [0.05, 0.1) is 6.04 Å². The predicted molar refractivity (Wildman–Crippen MR) is 54.6 cm³/mol. The van der Waals surface area contributed by atoms with E-state index in [9.17, 15) is 0 Å². The summed E-state index contributed by atoms with van der Waals surface area (Å²) in [5, 5.41) is 12.0. The third kappa shape index (κ3) is 1.95. The zero-order chi connectivity index (χ0) is 10.8. The zero-order valence-electron chi connectivity index (χ0n) is 8.00. The first-order chi connectivity index (χ1) is 7.18. The molecule has 0 aliphatic rings. The number of nitrogens with zero attached hydrogens (tertiary/aromatic N) is 5. The number of hydrogen-bond donors (Lipinski definition) is 1. The van der Waals surface area contributed by atoms with Crippen molar-refractivity contribution in [1.82, 2.24) is 25.0 Å². The molecule has 2 aromatic heterocycles. The summed E-state index contributed by atoms with van der Waals surface area (Å²) in [6, 6.07) is 3.12. The maximum Gasteiger partial charge on any atom is 0.177 e. The lowest BCUT2D eigenvalue weighted by molar-refractivity contribution is 0.674. The fourth-order valence-electron chi connectivity index (χ4n) is 1.16. The number of halogens is 1. The third-order valence-corrected chi connectivity index (χ3v) is 2.02. The van der Waals surface area contributed by atoms with Gasteiger partial charge in [-0.1, -0.05) is 11.6 Å². The van der Waals surface area contributed by atoms with Crippen LogP contribution in [0.15, 0.2) is 18.5 Å².